The van der Waals surface area contributed by atoms with Gasteiger partial charge >= 0.3 is 0 Å². The molecule has 166 valence electrons. The van der Waals surface area contributed by atoms with Crippen molar-refractivity contribution in [2.24, 2.45) is 0 Å². The number of nitrogens with zero attached hydrogens (tertiary/aromatic N) is 5. The molecular weight excluding hydrogens is 432 g/mol. The Morgan fingerprint density at radius 2 is 1.88 bits per heavy atom. The molecule has 0 saturated heterocycles. The Hall–Kier alpha value is -5.10. The van der Waals surface area contributed by atoms with Gasteiger partial charge in [-0.2, -0.15) is 10.4 Å². The van der Waals surface area contributed by atoms with Crippen LogP contribution < -0.4 is 5.32 Å². The van der Waals surface area contributed by atoms with E-state index in [4.69, 9.17) is 0 Å². The molecule has 9 heteroatoms. The summed E-state index contributed by atoms with van der Waals surface area (Å²) < 4.78 is 1.63. The van der Waals surface area contributed by atoms with Gasteiger partial charge < -0.3 is 5.32 Å². The van der Waals surface area contributed by atoms with Crippen molar-refractivity contribution < 1.29 is 9.72 Å². The van der Waals surface area contributed by atoms with Gasteiger partial charge in [-0.3, -0.25) is 19.9 Å². The number of nitro benzene ring substituents is 1. The van der Waals surface area contributed by atoms with Crippen LogP contribution in [0, 0.1) is 21.4 Å². The average Bonchev–Trinajstić information content (AvgIpc) is 3.31. The summed E-state index contributed by atoms with van der Waals surface area (Å²) in [6, 6.07) is 20.8. The number of hydrogen-bond donors (Lipinski definition) is 1. The van der Waals surface area contributed by atoms with Gasteiger partial charge in [-0.25, -0.2) is 4.68 Å². The summed E-state index contributed by atoms with van der Waals surface area (Å²) in [5.41, 5.74) is 3.05. The lowest BCUT2D eigenvalue weighted by atomic mass is 10.1. The summed E-state index contributed by atoms with van der Waals surface area (Å²) in [5.74, 6) is -0.534. The highest BCUT2D eigenvalue weighted by atomic mass is 16.6. The fourth-order valence-electron chi connectivity index (χ4n) is 3.26. The molecule has 4 rings (SSSR count). The van der Waals surface area contributed by atoms with Gasteiger partial charge in [-0.15, -0.1) is 0 Å². The molecule has 0 aliphatic carbocycles. The summed E-state index contributed by atoms with van der Waals surface area (Å²) in [7, 11) is 0. The molecule has 0 aliphatic heterocycles. The number of benzene rings is 2. The number of aromatic nitrogens is 3. The molecule has 0 radical (unpaired) electrons. The number of non-ortho nitro benzene ring substituents is 1. The molecule has 34 heavy (non-hydrogen) atoms. The fraction of sp³-hybridized carbons (Fsp3) is 0.0400. The van der Waals surface area contributed by atoms with Gasteiger partial charge in [-0.1, -0.05) is 24.3 Å². The number of pyridine rings is 1. The minimum absolute atomic E-state index is 0.0455. The molecule has 1 N–H and O–H groups in total. The second-order valence-corrected chi connectivity index (χ2v) is 7.23. The van der Waals surface area contributed by atoms with E-state index in [0.717, 1.165) is 11.3 Å². The standard InChI is InChI=1S/C25H18N6O3/c26-14-20(25(32)28-16-18-5-4-12-27-15-18)13-21-17-30(22-6-2-1-3-7-22)29-24(21)19-8-10-23(11-9-19)31(33)34/h1-13,15,17H,16H2,(H,28,32). The molecule has 0 atom stereocenters. The predicted molar refractivity (Wildman–Crippen MR) is 125 cm³/mol. The van der Waals surface area contributed by atoms with E-state index in [0.29, 0.717) is 16.8 Å². The zero-order valence-electron chi connectivity index (χ0n) is 17.8. The first-order valence-electron chi connectivity index (χ1n) is 10.2. The van der Waals surface area contributed by atoms with Crippen molar-refractivity contribution in [2.75, 3.05) is 0 Å². The maximum Gasteiger partial charge on any atom is 0.269 e. The monoisotopic (exact) mass is 450 g/mol. The van der Waals surface area contributed by atoms with Crippen molar-refractivity contribution in [3.05, 3.63) is 112 Å². The zero-order valence-corrected chi connectivity index (χ0v) is 17.8. The maximum absolute atomic E-state index is 12.7. The van der Waals surface area contributed by atoms with Gasteiger partial charge in [-0.05, 0) is 42.0 Å². The highest BCUT2D eigenvalue weighted by molar-refractivity contribution is 6.02. The largest absolute Gasteiger partial charge is 0.347 e. The number of rotatable bonds is 7. The lowest BCUT2D eigenvalue weighted by molar-refractivity contribution is -0.384. The van der Waals surface area contributed by atoms with Crippen molar-refractivity contribution in [1.82, 2.24) is 20.1 Å². The van der Waals surface area contributed by atoms with Crippen LogP contribution in [0.2, 0.25) is 0 Å². The topological polar surface area (TPSA) is 127 Å². The summed E-state index contributed by atoms with van der Waals surface area (Å²) in [6.45, 7) is 0.226. The molecule has 4 aromatic rings. The minimum atomic E-state index is -0.534. The lowest BCUT2D eigenvalue weighted by Gasteiger charge is -2.04. The van der Waals surface area contributed by atoms with Crippen LogP contribution in [0.25, 0.3) is 23.0 Å². The third-order valence-corrected chi connectivity index (χ3v) is 4.96. The van der Waals surface area contributed by atoms with Crippen LogP contribution in [0.4, 0.5) is 5.69 Å². The number of carbonyl (C=O) groups excluding carboxylic acids is 1. The summed E-state index contributed by atoms with van der Waals surface area (Å²) in [6.07, 6.45) is 6.43. The molecule has 0 spiro atoms. The Morgan fingerprint density at radius 1 is 1.12 bits per heavy atom. The maximum atomic E-state index is 12.7. The van der Waals surface area contributed by atoms with Gasteiger partial charge in [0.25, 0.3) is 11.6 Å². The Kier molecular flexibility index (Phi) is 6.51. The van der Waals surface area contributed by atoms with Crippen LogP contribution in [-0.2, 0) is 11.3 Å². The first kappa shape index (κ1) is 22.1. The number of para-hydroxylation sites is 1. The predicted octanol–water partition coefficient (Wildman–Crippen LogP) is 4.07. The SMILES string of the molecule is N#CC(=Cc1cn(-c2ccccc2)nc1-c1ccc([N+](=O)[O-])cc1)C(=O)NCc1cccnc1. The van der Waals surface area contributed by atoms with Crippen LogP contribution >= 0.6 is 0 Å². The number of carbonyl (C=O) groups is 1. The molecule has 0 aliphatic rings. The Bertz CT molecular complexity index is 1390. The highest BCUT2D eigenvalue weighted by Gasteiger charge is 2.16. The van der Waals surface area contributed by atoms with E-state index in [1.807, 2.05) is 42.5 Å². The molecule has 0 fully saturated rings. The number of nitriles is 1. The Labute approximate surface area is 194 Å². The van der Waals surface area contributed by atoms with E-state index in [1.165, 1.54) is 18.2 Å². The summed E-state index contributed by atoms with van der Waals surface area (Å²) in [5, 5.41) is 28.0. The average molecular weight is 450 g/mol. The van der Waals surface area contributed by atoms with Gasteiger partial charge in [0.15, 0.2) is 0 Å². The molecule has 2 aromatic carbocycles. The molecule has 9 nitrogen and oxygen atoms in total. The molecule has 0 unspecified atom stereocenters. The number of hydrogen-bond acceptors (Lipinski definition) is 6. The first-order chi connectivity index (χ1) is 16.5. The number of nitrogens with one attached hydrogen (secondary N) is 1. The molecular formula is C25H18N6O3. The van der Waals surface area contributed by atoms with Gasteiger partial charge in [0.05, 0.1) is 10.6 Å². The molecule has 2 aromatic heterocycles. The van der Waals surface area contributed by atoms with E-state index in [-0.39, 0.29) is 17.8 Å². The van der Waals surface area contributed by atoms with Crippen LogP contribution in [0.5, 0.6) is 0 Å². The van der Waals surface area contributed by atoms with E-state index in [2.05, 4.69) is 15.4 Å². The van der Waals surface area contributed by atoms with Crippen molar-refractivity contribution in [2.45, 2.75) is 6.54 Å². The van der Waals surface area contributed by atoms with Crippen molar-refractivity contribution in [1.29, 1.82) is 5.26 Å². The second kappa shape index (κ2) is 10.0. The third-order valence-electron chi connectivity index (χ3n) is 4.96. The Balaban J connectivity index is 1.70. The highest BCUT2D eigenvalue weighted by Crippen LogP contribution is 2.27. The lowest BCUT2D eigenvalue weighted by Crippen LogP contribution is -2.24. The van der Waals surface area contributed by atoms with Crippen molar-refractivity contribution in [3.63, 3.8) is 0 Å². The quantitative estimate of drug-likeness (QED) is 0.196. The molecule has 1 amide bonds. The third kappa shape index (κ3) is 5.03. The van der Waals surface area contributed by atoms with Gasteiger partial charge in [0.2, 0.25) is 0 Å². The van der Waals surface area contributed by atoms with Crippen molar-refractivity contribution in [3.8, 4) is 23.0 Å². The van der Waals surface area contributed by atoms with Crippen LogP contribution in [0.3, 0.4) is 0 Å². The smallest absolute Gasteiger partial charge is 0.269 e. The number of nitro groups is 1. The Morgan fingerprint density at radius 3 is 2.53 bits per heavy atom. The first-order valence-corrected chi connectivity index (χ1v) is 10.2. The van der Waals surface area contributed by atoms with Gasteiger partial charge in [0, 0.05) is 48.4 Å². The normalized spacial score (nSPS) is 11.0. The minimum Gasteiger partial charge on any atom is -0.347 e. The van der Waals surface area contributed by atoms with E-state index >= 15 is 0 Å². The second-order valence-electron chi connectivity index (χ2n) is 7.23. The van der Waals surface area contributed by atoms with E-state index < -0.39 is 10.8 Å². The van der Waals surface area contributed by atoms with Gasteiger partial charge in [0.1, 0.15) is 17.3 Å². The molecule has 0 saturated carbocycles. The summed E-state index contributed by atoms with van der Waals surface area (Å²) in [4.78, 5) is 27.2. The number of amides is 1. The van der Waals surface area contributed by atoms with Crippen molar-refractivity contribution >= 4 is 17.7 Å². The summed E-state index contributed by atoms with van der Waals surface area (Å²) >= 11 is 0. The van der Waals surface area contributed by atoms with Crippen LogP contribution in [0.1, 0.15) is 11.1 Å². The van der Waals surface area contributed by atoms with Crippen LogP contribution in [-0.4, -0.2) is 25.6 Å². The van der Waals surface area contributed by atoms with E-state index in [9.17, 15) is 20.2 Å². The molecule has 0 bridgehead atoms. The van der Waals surface area contributed by atoms with Crippen LogP contribution in [0.15, 0.2) is 90.9 Å². The fourth-order valence-corrected chi connectivity index (χ4v) is 3.26. The van der Waals surface area contributed by atoms with E-state index in [1.54, 1.807) is 41.5 Å². The molecule has 2 heterocycles. The zero-order chi connectivity index (χ0) is 23.9.